The van der Waals surface area contributed by atoms with Crippen molar-refractivity contribution >= 4 is 11.6 Å². The molecule has 2 N–H and O–H groups in total. The molecule has 0 unspecified atom stereocenters. The van der Waals surface area contributed by atoms with Crippen molar-refractivity contribution < 1.29 is 4.39 Å². The highest BCUT2D eigenvalue weighted by Crippen LogP contribution is 2.15. The second-order valence-corrected chi connectivity index (χ2v) is 2.50. The second kappa shape index (κ2) is 3.64. The summed E-state index contributed by atoms with van der Waals surface area (Å²) in [7, 11) is 0. The average molecular weight is 175 g/mol. The smallest absolute Gasteiger partial charge is 0.163 e. The highest BCUT2D eigenvalue weighted by Gasteiger charge is 2.05. The van der Waals surface area contributed by atoms with Crippen LogP contribution in [0.1, 0.15) is 5.69 Å². The third-order valence-electron chi connectivity index (χ3n) is 1.30. The lowest BCUT2D eigenvalue weighted by Gasteiger charge is -1.99. The van der Waals surface area contributed by atoms with E-state index >= 15 is 0 Å². The van der Waals surface area contributed by atoms with Gasteiger partial charge in [0.25, 0.3) is 0 Å². The van der Waals surface area contributed by atoms with Gasteiger partial charge < -0.3 is 5.73 Å². The van der Waals surface area contributed by atoms with E-state index in [1.807, 2.05) is 0 Å². The molecule has 0 saturated heterocycles. The molecule has 60 valence electrons. The lowest BCUT2D eigenvalue weighted by atomic mass is 10.2. The van der Waals surface area contributed by atoms with Crippen LogP contribution in [0.15, 0.2) is 12.3 Å². The molecule has 1 rings (SSSR count). The summed E-state index contributed by atoms with van der Waals surface area (Å²) in [6.45, 7) is 0.379. The predicted octanol–water partition coefficient (Wildman–Crippen LogP) is 1.38. The summed E-state index contributed by atoms with van der Waals surface area (Å²) in [4.78, 5) is 3.79. The predicted molar refractivity (Wildman–Crippen MR) is 42.0 cm³/mol. The molecule has 0 fully saturated rings. The van der Waals surface area contributed by atoms with E-state index in [9.17, 15) is 4.39 Å². The fraction of sp³-hybridized carbons (Fsp3) is 0.286. The number of nitrogens with zero attached hydrogens (tertiary/aromatic N) is 1. The van der Waals surface area contributed by atoms with Gasteiger partial charge in [0.2, 0.25) is 0 Å². The number of halogens is 2. The van der Waals surface area contributed by atoms with Crippen LogP contribution in [0.4, 0.5) is 4.39 Å². The SMILES string of the molecule is NCCc1nccc(Cl)c1F. The molecular formula is C7H8ClFN2. The Balaban J connectivity index is 2.96. The first-order chi connectivity index (χ1) is 5.25. The van der Waals surface area contributed by atoms with Crippen molar-refractivity contribution in [3.8, 4) is 0 Å². The standard InChI is InChI=1S/C7H8ClFN2/c8-5-2-4-11-6(1-3-10)7(5)9/h2,4H,1,3,10H2. The number of pyridine rings is 1. The molecule has 0 atom stereocenters. The average Bonchev–Trinajstić information content (AvgIpc) is 1.99. The summed E-state index contributed by atoms with van der Waals surface area (Å²) in [5, 5.41) is 0.100. The van der Waals surface area contributed by atoms with E-state index in [0.29, 0.717) is 18.7 Å². The van der Waals surface area contributed by atoms with E-state index in [1.54, 1.807) is 0 Å². The van der Waals surface area contributed by atoms with Crippen molar-refractivity contribution in [1.82, 2.24) is 4.98 Å². The molecule has 0 aliphatic carbocycles. The van der Waals surface area contributed by atoms with Gasteiger partial charge in [-0.3, -0.25) is 4.98 Å². The molecular weight excluding hydrogens is 167 g/mol. The summed E-state index contributed by atoms with van der Waals surface area (Å²) >= 11 is 5.49. The fourth-order valence-corrected chi connectivity index (χ4v) is 0.937. The van der Waals surface area contributed by atoms with E-state index in [4.69, 9.17) is 17.3 Å². The van der Waals surface area contributed by atoms with Gasteiger partial charge in [-0.25, -0.2) is 4.39 Å². The Labute approximate surface area is 69.2 Å². The topological polar surface area (TPSA) is 38.9 Å². The summed E-state index contributed by atoms with van der Waals surface area (Å²) in [5.74, 6) is -0.459. The quantitative estimate of drug-likeness (QED) is 0.736. The molecule has 2 nitrogen and oxygen atoms in total. The summed E-state index contributed by atoms with van der Waals surface area (Å²) in [6.07, 6.45) is 1.89. The summed E-state index contributed by atoms with van der Waals surface area (Å²) in [6, 6.07) is 1.41. The lowest BCUT2D eigenvalue weighted by Crippen LogP contribution is -2.06. The Kier molecular flexibility index (Phi) is 2.79. The number of hydrogen-bond acceptors (Lipinski definition) is 2. The highest BCUT2D eigenvalue weighted by molar-refractivity contribution is 6.30. The van der Waals surface area contributed by atoms with Gasteiger partial charge in [0, 0.05) is 12.6 Å². The molecule has 0 aliphatic rings. The van der Waals surface area contributed by atoms with Crippen LogP contribution in [0.2, 0.25) is 5.02 Å². The Morgan fingerprint density at radius 1 is 1.64 bits per heavy atom. The third-order valence-corrected chi connectivity index (χ3v) is 1.59. The van der Waals surface area contributed by atoms with Crippen molar-refractivity contribution in [3.63, 3.8) is 0 Å². The molecule has 0 amide bonds. The van der Waals surface area contributed by atoms with Gasteiger partial charge in [-0.05, 0) is 12.6 Å². The Bertz CT molecular complexity index is 252. The molecule has 11 heavy (non-hydrogen) atoms. The van der Waals surface area contributed by atoms with Crippen LogP contribution in [0, 0.1) is 5.82 Å². The highest BCUT2D eigenvalue weighted by atomic mass is 35.5. The van der Waals surface area contributed by atoms with Crippen LogP contribution in [0.25, 0.3) is 0 Å². The zero-order valence-electron chi connectivity index (χ0n) is 5.85. The van der Waals surface area contributed by atoms with Crippen LogP contribution in [0.5, 0.6) is 0 Å². The third kappa shape index (κ3) is 1.88. The minimum Gasteiger partial charge on any atom is -0.330 e. The molecule has 4 heteroatoms. The van der Waals surface area contributed by atoms with Gasteiger partial charge >= 0.3 is 0 Å². The van der Waals surface area contributed by atoms with Gasteiger partial charge in [-0.1, -0.05) is 11.6 Å². The minimum atomic E-state index is -0.459. The van der Waals surface area contributed by atoms with E-state index < -0.39 is 5.82 Å². The van der Waals surface area contributed by atoms with E-state index in [0.717, 1.165) is 0 Å². The van der Waals surface area contributed by atoms with Gasteiger partial charge in [0.15, 0.2) is 5.82 Å². The molecule has 0 aliphatic heterocycles. The first-order valence-electron chi connectivity index (χ1n) is 3.24. The van der Waals surface area contributed by atoms with Crippen LogP contribution >= 0.6 is 11.6 Å². The first-order valence-corrected chi connectivity index (χ1v) is 3.62. The molecule has 0 saturated carbocycles. The van der Waals surface area contributed by atoms with E-state index in [1.165, 1.54) is 12.3 Å². The van der Waals surface area contributed by atoms with Gasteiger partial charge in [0.1, 0.15) is 0 Å². The number of hydrogen-bond donors (Lipinski definition) is 1. The largest absolute Gasteiger partial charge is 0.330 e. The van der Waals surface area contributed by atoms with Crippen LogP contribution in [0.3, 0.4) is 0 Å². The van der Waals surface area contributed by atoms with Crippen molar-refractivity contribution in [1.29, 1.82) is 0 Å². The Hall–Kier alpha value is -0.670. The molecule has 0 spiro atoms. The normalized spacial score (nSPS) is 10.1. The first kappa shape index (κ1) is 8.43. The summed E-state index contributed by atoms with van der Waals surface area (Å²) in [5.41, 5.74) is 5.56. The minimum absolute atomic E-state index is 0.100. The van der Waals surface area contributed by atoms with Gasteiger partial charge in [-0.2, -0.15) is 0 Å². The van der Waals surface area contributed by atoms with Crippen LogP contribution < -0.4 is 5.73 Å². The molecule has 0 radical (unpaired) electrons. The molecule has 0 aromatic carbocycles. The number of nitrogens with two attached hydrogens (primary N) is 1. The van der Waals surface area contributed by atoms with E-state index in [2.05, 4.69) is 4.98 Å². The molecule has 1 aromatic rings. The second-order valence-electron chi connectivity index (χ2n) is 2.09. The van der Waals surface area contributed by atoms with Gasteiger partial charge in [-0.15, -0.1) is 0 Å². The van der Waals surface area contributed by atoms with Crippen molar-refractivity contribution in [2.45, 2.75) is 6.42 Å². The maximum Gasteiger partial charge on any atom is 0.163 e. The monoisotopic (exact) mass is 174 g/mol. The maximum absolute atomic E-state index is 12.9. The maximum atomic E-state index is 12.9. The summed E-state index contributed by atoms with van der Waals surface area (Å²) < 4.78 is 12.9. The Morgan fingerprint density at radius 3 is 3.00 bits per heavy atom. The zero-order chi connectivity index (χ0) is 8.27. The van der Waals surface area contributed by atoms with Crippen molar-refractivity contribution in [3.05, 3.63) is 28.8 Å². The molecule has 1 heterocycles. The van der Waals surface area contributed by atoms with Crippen molar-refractivity contribution in [2.24, 2.45) is 5.73 Å². The van der Waals surface area contributed by atoms with Crippen LogP contribution in [-0.2, 0) is 6.42 Å². The molecule has 0 bridgehead atoms. The van der Waals surface area contributed by atoms with E-state index in [-0.39, 0.29) is 5.02 Å². The zero-order valence-corrected chi connectivity index (χ0v) is 6.61. The Morgan fingerprint density at radius 2 is 2.36 bits per heavy atom. The van der Waals surface area contributed by atoms with Gasteiger partial charge in [0.05, 0.1) is 10.7 Å². The lowest BCUT2D eigenvalue weighted by molar-refractivity contribution is 0.599. The van der Waals surface area contributed by atoms with Crippen LogP contribution in [-0.4, -0.2) is 11.5 Å². The fourth-order valence-electron chi connectivity index (χ4n) is 0.771. The number of aromatic nitrogens is 1. The number of rotatable bonds is 2. The molecule has 1 aromatic heterocycles. The van der Waals surface area contributed by atoms with Crippen molar-refractivity contribution in [2.75, 3.05) is 6.54 Å².